The number of hydrogen-bond donors (Lipinski definition) is 2. The number of hydrogen-bond acceptors (Lipinski definition) is 2. The van der Waals surface area contributed by atoms with Crippen molar-refractivity contribution in [2.75, 3.05) is 0 Å². The van der Waals surface area contributed by atoms with Gasteiger partial charge >= 0.3 is 5.97 Å². The van der Waals surface area contributed by atoms with Gasteiger partial charge in [0.2, 0.25) is 5.91 Å². The van der Waals surface area contributed by atoms with Crippen molar-refractivity contribution < 1.29 is 14.7 Å². The van der Waals surface area contributed by atoms with Gasteiger partial charge in [-0.3, -0.25) is 4.79 Å². The third kappa shape index (κ3) is 2.62. The van der Waals surface area contributed by atoms with Gasteiger partial charge in [0.25, 0.3) is 0 Å². The number of carbonyl (C=O) groups is 2. The zero-order valence-corrected chi connectivity index (χ0v) is 10.6. The quantitative estimate of drug-likeness (QED) is 0.849. The molecule has 19 heavy (non-hydrogen) atoms. The molecule has 2 saturated carbocycles. The number of carboxylic acids is 1. The molecule has 0 saturated heterocycles. The van der Waals surface area contributed by atoms with Crippen LogP contribution in [0.25, 0.3) is 0 Å². The van der Waals surface area contributed by atoms with Gasteiger partial charge in [-0.25, -0.2) is 4.79 Å². The van der Waals surface area contributed by atoms with E-state index in [2.05, 4.69) is 5.32 Å². The number of aliphatic carboxylic acids is 1. The lowest BCUT2D eigenvalue weighted by Gasteiger charge is -2.14. The van der Waals surface area contributed by atoms with Gasteiger partial charge in [0.15, 0.2) is 6.04 Å². The molecular weight excluding hydrogens is 242 g/mol. The molecule has 4 heteroatoms. The van der Waals surface area contributed by atoms with Crippen molar-refractivity contribution in [3.05, 3.63) is 35.9 Å². The van der Waals surface area contributed by atoms with E-state index < -0.39 is 12.0 Å². The van der Waals surface area contributed by atoms with Gasteiger partial charge in [0, 0.05) is 5.92 Å². The molecule has 0 spiro atoms. The zero-order chi connectivity index (χ0) is 13.4. The van der Waals surface area contributed by atoms with Crippen LogP contribution in [0.4, 0.5) is 0 Å². The second kappa shape index (κ2) is 4.68. The minimum Gasteiger partial charge on any atom is -0.479 e. The van der Waals surface area contributed by atoms with Gasteiger partial charge < -0.3 is 10.4 Å². The highest BCUT2D eigenvalue weighted by atomic mass is 16.4. The van der Waals surface area contributed by atoms with E-state index >= 15 is 0 Å². The van der Waals surface area contributed by atoms with Crippen molar-refractivity contribution in [3.8, 4) is 0 Å². The van der Waals surface area contributed by atoms with Crippen LogP contribution in [-0.2, 0) is 9.59 Å². The SMILES string of the molecule is O=C(N[C@@H](C(=O)O)c1ccccc1)[C@H]1C[C@@H]1C1CC1. The molecule has 1 amide bonds. The number of carboxylic acid groups (broad SMARTS) is 1. The fourth-order valence-electron chi connectivity index (χ4n) is 2.74. The standard InChI is InChI=1S/C15H17NO3/c17-14(12-8-11(12)9-6-7-9)16-13(15(18)19)10-4-2-1-3-5-10/h1-5,9,11-13H,6-8H2,(H,16,17)(H,18,19)/t11-,12+,13-/m1/s1. The van der Waals surface area contributed by atoms with Crippen molar-refractivity contribution in [1.82, 2.24) is 5.32 Å². The summed E-state index contributed by atoms with van der Waals surface area (Å²) in [5.41, 5.74) is 0.618. The third-order valence-electron chi connectivity index (χ3n) is 4.07. The number of amides is 1. The molecule has 100 valence electrons. The second-order valence-electron chi connectivity index (χ2n) is 5.53. The van der Waals surface area contributed by atoms with Crippen molar-refractivity contribution in [3.63, 3.8) is 0 Å². The van der Waals surface area contributed by atoms with E-state index in [9.17, 15) is 14.7 Å². The zero-order valence-electron chi connectivity index (χ0n) is 10.6. The number of nitrogens with one attached hydrogen (secondary N) is 1. The molecule has 1 aromatic carbocycles. The molecule has 2 aliphatic carbocycles. The average molecular weight is 259 g/mol. The summed E-state index contributed by atoms with van der Waals surface area (Å²) >= 11 is 0. The summed E-state index contributed by atoms with van der Waals surface area (Å²) in [6.45, 7) is 0. The summed E-state index contributed by atoms with van der Waals surface area (Å²) in [7, 11) is 0. The third-order valence-corrected chi connectivity index (χ3v) is 4.07. The van der Waals surface area contributed by atoms with Crippen molar-refractivity contribution in [2.24, 2.45) is 17.8 Å². The maximum absolute atomic E-state index is 12.1. The highest BCUT2D eigenvalue weighted by molar-refractivity contribution is 5.87. The van der Waals surface area contributed by atoms with E-state index in [1.54, 1.807) is 24.3 Å². The molecule has 4 nitrogen and oxygen atoms in total. The molecule has 0 radical (unpaired) electrons. The molecule has 1 aromatic rings. The van der Waals surface area contributed by atoms with Crippen LogP contribution in [0.2, 0.25) is 0 Å². The molecule has 2 fully saturated rings. The van der Waals surface area contributed by atoms with Crippen LogP contribution >= 0.6 is 0 Å². The minimum atomic E-state index is -1.01. The fraction of sp³-hybridized carbons (Fsp3) is 0.467. The van der Waals surface area contributed by atoms with E-state index in [0.29, 0.717) is 11.5 Å². The Bertz CT molecular complexity index is 495. The summed E-state index contributed by atoms with van der Waals surface area (Å²) in [4.78, 5) is 23.4. The Balaban J connectivity index is 1.65. The summed E-state index contributed by atoms with van der Waals surface area (Å²) in [6, 6.07) is 7.90. The lowest BCUT2D eigenvalue weighted by atomic mass is 10.1. The largest absolute Gasteiger partial charge is 0.479 e. The number of rotatable bonds is 5. The van der Waals surface area contributed by atoms with Crippen LogP contribution in [0.1, 0.15) is 30.9 Å². The Kier molecular flexibility index (Phi) is 3.01. The molecule has 0 bridgehead atoms. The molecule has 2 N–H and O–H groups in total. The van der Waals surface area contributed by atoms with Crippen molar-refractivity contribution in [2.45, 2.75) is 25.3 Å². The average Bonchev–Trinajstić information content (AvgIpc) is 3.28. The van der Waals surface area contributed by atoms with Crippen LogP contribution in [0.5, 0.6) is 0 Å². The Morgan fingerprint density at radius 2 is 1.89 bits per heavy atom. The first-order chi connectivity index (χ1) is 9.16. The van der Waals surface area contributed by atoms with Crippen LogP contribution in [0.3, 0.4) is 0 Å². The second-order valence-corrected chi connectivity index (χ2v) is 5.53. The van der Waals surface area contributed by atoms with E-state index in [0.717, 1.165) is 12.3 Å². The van der Waals surface area contributed by atoms with Crippen molar-refractivity contribution >= 4 is 11.9 Å². The van der Waals surface area contributed by atoms with Crippen LogP contribution < -0.4 is 5.32 Å². The molecule has 3 rings (SSSR count). The van der Waals surface area contributed by atoms with E-state index in [-0.39, 0.29) is 11.8 Å². The lowest BCUT2D eigenvalue weighted by molar-refractivity contribution is -0.142. The Hall–Kier alpha value is -1.84. The summed E-state index contributed by atoms with van der Waals surface area (Å²) in [6.07, 6.45) is 3.39. The predicted octanol–water partition coefficient (Wildman–Crippen LogP) is 1.97. The summed E-state index contributed by atoms with van der Waals surface area (Å²) in [5, 5.41) is 11.9. The van der Waals surface area contributed by atoms with Gasteiger partial charge in [-0.1, -0.05) is 30.3 Å². The Morgan fingerprint density at radius 3 is 2.47 bits per heavy atom. The van der Waals surface area contributed by atoms with Gasteiger partial charge in [0.05, 0.1) is 0 Å². The van der Waals surface area contributed by atoms with Crippen LogP contribution in [-0.4, -0.2) is 17.0 Å². The van der Waals surface area contributed by atoms with E-state index in [1.165, 1.54) is 12.8 Å². The van der Waals surface area contributed by atoms with E-state index in [4.69, 9.17) is 0 Å². The highest BCUT2D eigenvalue weighted by Crippen LogP contribution is 2.54. The first-order valence-corrected chi connectivity index (χ1v) is 6.75. The summed E-state index contributed by atoms with van der Waals surface area (Å²) in [5.74, 6) is 0.148. The minimum absolute atomic E-state index is 0.0399. The molecule has 2 aliphatic rings. The monoisotopic (exact) mass is 259 g/mol. The Labute approximate surface area is 111 Å². The van der Waals surface area contributed by atoms with Crippen molar-refractivity contribution in [1.29, 1.82) is 0 Å². The van der Waals surface area contributed by atoms with Gasteiger partial charge in [-0.2, -0.15) is 0 Å². The van der Waals surface area contributed by atoms with Gasteiger partial charge in [-0.05, 0) is 36.7 Å². The maximum atomic E-state index is 12.1. The maximum Gasteiger partial charge on any atom is 0.330 e. The molecule has 3 atom stereocenters. The summed E-state index contributed by atoms with van der Waals surface area (Å²) < 4.78 is 0. The lowest BCUT2D eigenvalue weighted by Crippen LogP contribution is -2.35. The molecule has 0 heterocycles. The first kappa shape index (κ1) is 12.2. The first-order valence-electron chi connectivity index (χ1n) is 6.75. The number of benzene rings is 1. The van der Waals surface area contributed by atoms with E-state index in [1.807, 2.05) is 6.07 Å². The number of carbonyl (C=O) groups excluding carboxylic acids is 1. The smallest absolute Gasteiger partial charge is 0.330 e. The van der Waals surface area contributed by atoms with Crippen LogP contribution in [0.15, 0.2) is 30.3 Å². The molecular formula is C15H17NO3. The molecule has 0 aromatic heterocycles. The molecule has 0 aliphatic heterocycles. The normalized spacial score (nSPS) is 26.5. The molecule has 0 unspecified atom stereocenters. The highest BCUT2D eigenvalue weighted by Gasteiger charge is 2.51. The fourth-order valence-corrected chi connectivity index (χ4v) is 2.74. The Morgan fingerprint density at radius 1 is 1.21 bits per heavy atom. The predicted molar refractivity (Wildman–Crippen MR) is 69.3 cm³/mol. The van der Waals surface area contributed by atoms with Gasteiger partial charge in [-0.15, -0.1) is 0 Å². The topological polar surface area (TPSA) is 66.4 Å². The van der Waals surface area contributed by atoms with Gasteiger partial charge in [0.1, 0.15) is 0 Å². The van der Waals surface area contributed by atoms with Crippen LogP contribution in [0, 0.1) is 17.8 Å².